The summed E-state index contributed by atoms with van der Waals surface area (Å²) < 4.78 is 25.0. The van der Waals surface area contributed by atoms with Gasteiger partial charge < -0.3 is 5.32 Å². The Kier molecular flexibility index (Phi) is 5.85. The Morgan fingerprint density at radius 1 is 1.17 bits per heavy atom. The molecule has 0 atom stereocenters. The standard InChI is InChI=1S/C17H19ClN2O3S/c1-13-4-3-5-14(10-13)11-19-17(21)12-20(24(2,22)23)16-8-6-15(18)7-9-16/h3-10H,11-12H2,1-2H3,(H,19,21). The van der Waals surface area contributed by atoms with Crippen LogP contribution in [0.2, 0.25) is 5.02 Å². The summed E-state index contributed by atoms with van der Waals surface area (Å²) in [4.78, 5) is 12.2. The maximum absolute atomic E-state index is 12.2. The van der Waals surface area contributed by atoms with Gasteiger partial charge in [0.2, 0.25) is 15.9 Å². The lowest BCUT2D eigenvalue weighted by molar-refractivity contribution is -0.119. The number of nitrogens with zero attached hydrogens (tertiary/aromatic N) is 1. The molecule has 0 aliphatic rings. The number of aryl methyl sites for hydroxylation is 1. The normalized spacial score (nSPS) is 11.1. The van der Waals surface area contributed by atoms with Gasteiger partial charge in [0.25, 0.3) is 0 Å². The molecule has 0 saturated heterocycles. The van der Waals surface area contributed by atoms with E-state index in [1.54, 1.807) is 24.3 Å². The number of sulfonamides is 1. The van der Waals surface area contributed by atoms with E-state index in [1.165, 1.54) is 0 Å². The molecule has 0 aromatic heterocycles. The molecule has 2 aromatic carbocycles. The van der Waals surface area contributed by atoms with Crippen molar-refractivity contribution in [2.24, 2.45) is 0 Å². The van der Waals surface area contributed by atoms with Crippen molar-refractivity contribution in [3.05, 3.63) is 64.7 Å². The van der Waals surface area contributed by atoms with Gasteiger partial charge in [0.05, 0.1) is 11.9 Å². The van der Waals surface area contributed by atoms with Crippen molar-refractivity contribution in [2.45, 2.75) is 13.5 Å². The number of halogens is 1. The highest BCUT2D eigenvalue weighted by atomic mass is 35.5. The van der Waals surface area contributed by atoms with Crippen LogP contribution in [0.25, 0.3) is 0 Å². The van der Waals surface area contributed by atoms with Gasteiger partial charge in [-0.05, 0) is 36.8 Å². The second kappa shape index (κ2) is 7.68. The number of carbonyl (C=O) groups is 1. The van der Waals surface area contributed by atoms with Crippen molar-refractivity contribution < 1.29 is 13.2 Å². The molecule has 2 rings (SSSR count). The summed E-state index contributed by atoms with van der Waals surface area (Å²) in [7, 11) is -3.59. The molecule has 0 spiro atoms. The Hall–Kier alpha value is -2.05. The molecule has 0 radical (unpaired) electrons. The number of hydrogen-bond acceptors (Lipinski definition) is 3. The Bertz CT molecular complexity index is 820. The largest absolute Gasteiger partial charge is 0.350 e. The molecule has 1 N–H and O–H groups in total. The highest BCUT2D eigenvalue weighted by Gasteiger charge is 2.20. The fraction of sp³-hybridized carbons (Fsp3) is 0.235. The quantitative estimate of drug-likeness (QED) is 0.854. The second-order valence-corrected chi connectivity index (χ2v) is 7.86. The zero-order chi connectivity index (χ0) is 17.7. The van der Waals surface area contributed by atoms with E-state index in [0.717, 1.165) is 21.7 Å². The van der Waals surface area contributed by atoms with Gasteiger partial charge in [-0.25, -0.2) is 8.42 Å². The first kappa shape index (κ1) is 18.3. The van der Waals surface area contributed by atoms with Crippen LogP contribution in [0.1, 0.15) is 11.1 Å². The molecule has 7 heteroatoms. The van der Waals surface area contributed by atoms with E-state index >= 15 is 0 Å². The molecule has 0 saturated carbocycles. The number of nitrogens with one attached hydrogen (secondary N) is 1. The van der Waals surface area contributed by atoms with E-state index in [9.17, 15) is 13.2 Å². The summed E-state index contributed by atoms with van der Waals surface area (Å²) in [5.41, 5.74) is 2.45. The molecule has 0 bridgehead atoms. The summed E-state index contributed by atoms with van der Waals surface area (Å²) in [6.07, 6.45) is 1.06. The molecule has 0 heterocycles. The van der Waals surface area contributed by atoms with Crippen LogP contribution in [-0.4, -0.2) is 27.1 Å². The topological polar surface area (TPSA) is 66.5 Å². The zero-order valence-corrected chi connectivity index (χ0v) is 15.1. The minimum atomic E-state index is -3.59. The number of hydrogen-bond donors (Lipinski definition) is 1. The predicted molar refractivity (Wildman–Crippen MR) is 96.7 cm³/mol. The van der Waals surface area contributed by atoms with Crippen LogP contribution in [0.15, 0.2) is 48.5 Å². The smallest absolute Gasteiger partial charge is 0.241 e. The number of anilines is 1. The van der Waals surface area contributed by atoms with Gasteiger partial charge in [-0.2, -0.15) is 0 Å². The molecule has 0 unspecified atom stereocenters. The average Bonchev–Trinajstić information content (AvgIpc) is 2.51. The van der Waals surface area contributed by atoms with Crippen LogP contribution in [-0.2, 0) is 21.4 Å². The molecule has 128 valence electrons. The maximum Gasteiger partial charge on any atom is 0.241 e. The van der Waals surface area contributed by atoms with E-state index in [0.29, 0.717) is 17.3 Å². The third-order valence-electron chi connectivity index (χ3n) is 3.37. The molecule has 0 aliphatic carbocycles. The Morgan fingerprint density at radius 2 is 1.83 bits per heavy atom. The van der Waals surface area contributed by atoms with Gasteiger partial charge >= 0.3 is 0 Å². The molecule has 5 nitrogen and oxygen atoms in total. The molecular weight excluding hydrogens is 348 g/mol. The molecule has 24 heavy (non-hydrogen) atoms. The minimum Gasteiger partial charge on any atom is -0.350 e. The monoisotopic (exact) mass is 366 g/mol. The molecule has 2 aromatic rings. The van der Waals surface area contributed by atoms with Crippen LogP contribution in [0.4, 0.5) is 5.69 Å². The number of amides is 1. The predicted octanol–water partition coefficient (Wildman–Crippen LogP) is 2.73. The fourth-order valence-corrected chi connectivity index (χ4v) is 3.20. The lowest BCUT2D eigenvalue weighted by atomic mass is 10.1. The van der Waals surface area contributed by atoms with E-state index in [4.69, 9.17) is 11.6 Å². The first-order valence-electron chi connectivity index (χ1n) is 7.31. The van der Waals surface area contributed by atoms with Gasteiger partial charge in [-0.3, -0.25) is 9.10 Å². The van der Waals surface area contributed by atoms with Crippen molar-refractivity contribution in [2.75, 3.05) is 17.1 Å². The van der Waals surface area contributed by atoms with Gasteiger partial charge in [-0.1, -0.05) is 41.4 Å². The number of rotatable bonds is 6. The van der Waals surface area contributed by atoms with Crippen molar-refractivity contribution in [3.63, 3.8) is 0 Å². The van der Waals surface area contributed by atoms with Crippen molar-refractivity contribution in [1.82, 2.24) is 5.32 Å². The first-order valence-corrected chi connectivity index (χ1v) is 9.54. The Balaban J connectivity index is 2.06. The molecule has 1 amide bonds. The summed E-state index contributed by atoms with van der Waals surface area (Å²) >= 11 is 5.82. The maximum atomic E-state index is 12.2. The van der Waals surface area contributed by atoms with E-state index in [-0.39, 0.29) is 12.5 Å². The summed E-state index contributed by atoms with van der Waals surface area (Å²) in [5.74, 6) is -0.378. The van der Waals surface area contributed by atoms with Crippen LogP contribution >= 0.6 is 11.6 Å². The Morgan fingerprint density at radius 3 is 2.42 bits per heavy atom. The van der Waals surface area contributed by atoms with Crippen LogP contribution in [0.3, 0.4) is 0 Å². The van der Waals surface area contributed by atoms with E-state index < -0.39 is 10.0 Å². The lowest BCUT2D eigenvalue weighted by Crippen LogP contribution is -2.40. The molecule has 0 fully saturated rings. The Labute approximate surface area is 147 Å². The highest BCUT2D eigenvalue weighted by molar-refractivity contribution is 7.92. The second-order valence-electron chi connectivity index (χ2n) is 5.51. The SMILES string of the molecule is Cc1cccc(CNC(=O)CN(c2ccc(Cl)cc2)S(C)(=O)=O)c1. The molecular formula is C17H19ClN2O3S. The number of carbonyl (C=O) groups excluding carboxylic acids is 1. The zero-order valence-electron chi connectivity index (χ0n) is 13.5. The van der Waals surface area contributed by atoms with Gasteiger partial charge in [0.15, 0.2) is 0 Å². The fourth-order valence-electron chi connectivity index (χ4n) is 2.22. The first-order chi connectivity index (χ1) is 11.3. The third kappa shape index (κ3) is 5.25. The summed E-state index contributed by atoms with van der Waals surface area (Å²) in [5, 5.41) is 3.24. The van der Waals surface area contributed by atoms with Crippen molar-refractivity contribution in [1.29, 1.82) is 0 Å². The van der Waals surface area contributed by atoms with Crippen LogP contribution in [0, 0.1) is 6.92 Å². The van der Waals surface area contributed by atoms with Gasteiger partial charge in [0.1, 0.15) is 6.54 Å². The summed E-state index contributed by atoms with van der Waals surface area (Å²) in [6.45, 7) is 2.03. The highest BCUT2D eigenvalue weighted by Crippen LogP contribution is 2.20. The van der Waals surface area contributed by atoms with Crippen molar-refractivity contribution in [3.8, 4) is 0 Å². The van der Waals surface area contributed by atoms with Crippen LogP contribution < -0.4 is 9.62 Å². The van der Waals surface area contributed by atoms with E-state index in [1.807, 2.05) is 31.2 Å². The average molecular weight is 367 g/mol. The van der Waals surface area contributed by atoms with Gasteiger partial charge in [0, 0.05) is 11.6 Å². The van der Waals surface area contributed by atoms with Crippen LogP contribution in [0.5, 0.6) is 0 Å². The van der Waals surface area contributed by atoms with Crippen molar-refractivity contribution >= 4 is 33.2 Å². The third-order valence-corrected chi connectivity index (χ3v) is 4.77. The summed E-state index contributed by atoms with van der Waals surface area (Å²) in [6, 6.07) is 14.0. The lowest BCUT2D eigenvalue weighted by Gasteiger charge is -2.22. The minimum absolute atomic E-state index is 0.285. The molecule has 0 aliphatic heterocycles. The van der Waals surface area contributed by atoms with Gasteiger partial charge in [-0.15, -0.1) is 0 Å². The van der Waals surface area contributed by atoms with E-state index in [2.05, 4.69) is 5.32 Å². The number of benzene rings is 2.